The molecule has 17 heavy (non-hydrogen) atoms. The molecule has 0 atom stereocenters. The van der Waals surface area contributed by atoms with Crippen molar-refractivity contribution in [2.75, 3.05) is 32.6 Å². The molecule has 0 spiro atoms. The van der Waals surface area contributed by atoms with Crippen LogP contribution in [0.3, 0.4) is 0 Å². The van der Waals surface area contributed by atoms with Crippen LogP contribution in [0.15, 0.2) is 18.2 Å². The van der Waals surface area contributed by atoms with Crippen LogP contribution in [0.4, 0.5) is 10.5 Å². The Kier molecular flexibility index (Phi) is 4.97. The number of aryl methyl sites for hydroxylation is 1. The first-order chi connectivity index (χ1) is 8.00. The van der Waals surface area contributed by atoms with Gasteiger partial charge in [-0.05, 0) is 45.1 Å². The highest BCUT2D eigenvalue weighted by Crippen LogP contribution is 2.17. The maximum absolute atomic E-state index is 11.5. The van der Waals surface area contributed by atoms with Crippen molar-refractivity contribution in [1.29, 1.82) is 0 Å². The fraction of sp³-hybridized carbons (Fsp3) is 0.462. The average Bonchev–Trinajstić information content (AvgIpc) is 2.24. The predicted octanol–water partition coefficient (Wildman–Crippen LogP) is 2.41. The van der Waals surface area contributed by atoms with Crippen LogP contribution in [0, 0.1) is 13.8 Å². The van der Waals surface area contributed by atoms with Crippen molar-refractivity contribution >= 4 is 11.8 Å². The maximum Gasteiger partial charge on any atom is 0.411 e. The predicted molar refractivity (Wildman–Crippen MR) is 69.4 cm³/mol. The maximum atomic E-state index is 11.5. The van der Waals surface area contributed by atoms with Crippen molar-refractivity contribution in [2.24, 2.45) is 0 Å². The molecule has 0 heterocycles. The summed E-state index contributed by atoms with van der Waals surface area (Å²) < 4.78 is 5.06. The van der Waals surface area contributed by atoms with E-state index in [2.05, 4.69) is 5.32 Å². The summed E-state index contributed by atoms with van der Waals surface area (Å²) in [6.45, 7) is 5.10. The third kappa shape index (κ3) is 4.44. The quantitative estimate of drug-likeness (QED) is 0.873. The number of rotatable bonds is 4. The fourth-order valence-electron chi connectivity index (χ4n) is 1.35. The standard InChI is InChI=1S/C13H20N2O2/c1-10-6-5-7-12(11(10)2)14-13(16)17-9-8-15(3)4/h5-7H,8-9H2,1-4H3,(H,14,16). The van der Waals surface area contributed by atoms with Crippen LogP contribution in [0.1, 0.15) is 11.1 Å². The first-order valence-corrected chi connectivity index (χ1v) is 5.65. The highest BCUT2D eigenvalue weighted by Gasteiger charge is 2.06. The molecular weight excluding hydrogens is 216 g/mol. The fourth-order valence-corrected chi connectivity index (χ4v) is 1.35. The Labute approximate surface area is 103 Å². The van der Waals surface area contributed by atoms with E-state index in [9.17, 15) is 4.79 Å². The van der Waals surface area contributed by atoms with E-state index < -0.39 is 6.09 Å². The molecule has 94 valence electrons. The molecule has 0 aromatic heterocycles. The van der Waals surface area contributed by atoms with E-state index in [4.69, 9.17) is 4.74 Å². The molecule has 1 aromatic rings. The number of nitrogens with zero attached hydrogens (tertiary/aromatic N) is 1. The molecule has 0 unspecified atom stereocenters. The summed E-state index contributed by atoms with van der Waals surface area (Å²) in [5.41, 5.74) is 3.02. The molecule has 0 aliphatic carbocycles. The van der Waals surface area contributed by atoms with Gasteiger partial charge in [0, 0.05) is 12.2 Å². The van der Waals surface area contributed by atoms with Crippen molar-refractivity contribution in [3.05, 3.63) is 29.3 Å². The molecular formula is C13H20N2O2. The Morgan fingerprint density at radius 2 is 2.06 bits per heavy atom. The molecule has 0 radical (unpaired) electrons. The lowest BCUT2D eigenvalue weighted by molar-refractivity contribution is 0.151. The lowest BCUT2D eigenvalue weighted by Crippen LogP contribution is -2.22. The van der Waals surface area contributed by atoms with Crippen molar-refractivity contribution in [3.63, 3.8) is 0 Å². The number of carbonyl (C=O) groups excluding carboxylic acids is 1. The topological polar surface area (TPSA) is 41.6 Å². The number of nitrogens with one attached hydrogen (secondary N) is 1. The summed E-state index contributed by atoms with van der Waals surface area (Å²) in [4.78, 5) is 13.5. The highest BCUT2D eigenvalue weighted by molar-refractivity contribution is 5.85. The van der Waals surface area contributed by atoms with Gasteiger partial charge in [-0.1, -0.05) is 12.1 Å². The van der Waals surface area contributed by atoms with Gasteiger partial charge in [-0.2, -0.15) is 0 Å². The Bertz CT molecular complexity index is 389. The highest BCUT2D eigenvalue weighted by atomic mass is 16.5. The molecule has 0 aliphatic heterocycles. The van der Waals surface area contributed by atoms with Gasteiger partial charge in [-0.3, -0.25) is 5.32 Å². The van der Waals surface area contributed by atoms with Crippen molar-refractivity contribution < 1.29 is 9.53 Å². The smallest absolute Gasteiger partial charge is 0.411 e. The average molecular weight is 236 g/mol. The zero-order chi connectivity index (χ0) is 12.8. The van der Waals surface area contributed by atoms with Crippen LogP contribution in [-0.2, 0) is 4.74 Å². The molecule has 1 N–H and O–H groups in total. The van der Waals surface area contributed by atoms with Gasteiger partial charge in [-0.25, -0.2) is 4.79 Å². The summed E-state index contributed by atoms with van der Waals surface area (Å²) >= 11 is 0. The van der Waals surface area contributed by atoms with Crippen molar-refractivity contribution in [1.82, 2.24) is 4.90 Å². The number of ether oxygens (including phenoxy) is 1. The number of amides is 1. The molecule has 1 aromatic carbocycles. The molecule has 0 bridgehead atoms. The minimum atomic E-state index is -0.402. The largest absolute Gasteiger partial charge is 0.448 e. The van der Waals surface area contributed by atoms with E-state index in [-0.39, 0.29) is 0 Å². The van der Waals surface area contributed by atoms with Crippen LogP contribution in [-0.4, -0.2) is 38.2 Å². The van der Waals surface area contributed by atoms with E-state index >= 15 is 0 Å². The molecule has 1 rings (SSSR count). The molecule has 0 saturated carbocycles. The zero-order valence-corrected chi connectivity index (χ0v) is 10.9. The molecule has 4 heteroatoms. The number of likely N-dealkylation sites (N-methyl/N-ethyl adjacent to an activating group) is 1. The van der Waals surface area contributed by atoms with Crippen LogP contribution < -0.4 is 5.32 Å². The Morgan fingerprint density at radius 3 is 2.71 bits per heavy atom. The van der Waals surface area contributed by atoms with Gasteiger partial charge < -0.3 is 9.64 Å². The van der Waals surface area contributed by atoms with Crippen LogP contribution >= 0.6 is 0 Å². The number of hydrogen-bond donors (Lipinski definition) is 1. The molecule has 4 nitrogen and oxygen atoms in total. The van der Waals surface area contributed by atoms with Crippen LogP contribution in [0.25, 0.3) is 0 Å². The first kappa shape index (κ1) is 13.5. The Morgan fingerprint density at radius 1 is 1.35 bits per heavy atom. The van der Waals surface area contributed by atoms with E-state index in [1.165, 1.54) is 0 Å². The monoisotopic (exact) mass is 236 g/mol. The number of carbonyl (C=O) groups is 1. The SMILES string of the molecule is Cc1cccc(NC(=O)OCCN(C)C)c1C. The van der Waals surface area contributed by atoms with Gasteiger partial charge >= 0.3 is 6.09 Å². The van der Waals surface area contributed by atoms with Gasteiger partial charge in [0.1, 0.15) is 6.61 Å². The third-order valence-electron chi connectivity index (χ3n) is 2.61. The second kappa shape index (κ2) is 6.25. The van der Waals surface area contributed by atoms with Gasteiger partial charge in [0.2, 0.25) is 0 Å². The summed E-state index contributed by atoms with van der Waals surface area (Å²) in [6.07, 6.45) is -0.402. The summed E-state index contributed by atoms with van der Waals surface area (Å²) in [5, 5.41) is 2.75. The van der Waals surface area contributed by atoms with Gasteiger partial charge in [0.25, 0.3) is 0 Å². The lowest BCUT2D eigenvalue weighted by Gasteiger charge is -2.12. The van der Waals surface area contributed by atoms with E-state index in [1.54, 1.807) is 0 Å². The molecule has 0 fully saturated rings. The van der Waals surface area contributed by atoms with E-state index in [0.717, 1.165) is 23.4 Å². The number of benzene rings is 1. The summed E-state index contributed by atoms with van der Waals surface area (Å²) in [6, 6.07) is 5.80. The minimum absolute atomic E-state index is 0.393. The molecule has 0 aliphatic rings. The van der Waals surface area contributed by atoms with Crippen LogP contribution in [0.2, 0.25) is 0 Å². The van der Waals surface area contributed by atoms with E-state index in [0.29, 0.717) is 6.61 Å². The van der Waals surface area contributed by atoms with Gasteiger partial charge in [-0.15, -0.1) is 0 Å². The molecule has 0 saturated heterocycles. The van der Waals surface area contributed by atoms with Crippen molar-refractivity contribution in [2.45, 2.75) is 13.8 Å². The lowest BCUT2D eigenvalue weighted by atomic mass is 10.1. The normalized spacial score (nSPS) is 10.4. The molecule has 1 amide bonds. The second-order valence-electron chi connectivity index (χ2n) is 4.31. The minimum Gasteiger partial charge on any atom is -0.448 e. The Balaban J connectivity index is 2.48. The third-order valence-corrected chi connectivity index (χ3v) is 2.61. The van der Waals surface area contributed by atoms with Gasteiger partial charge in [0.15, 0.2) is 0 Å². The summed E-state index contributed by atoms with van der Waals surface area (Å²) in [7, 11) is 3.87. The number of hydrogen-bond acceptors (Lipinski definition) is 3. The van der Waals surface area contributed by atoms with Crippen LogP contribution in [0.5, 0.6) is 0 Å². The Hall–Kier alpha value is -1.55. The number of anilines is 1. The van der Waals surface area contributed by atoms with E-state index in [1.807, 2.05) is 51.0 Å². The first-order valence-electron chi connectivity index (χ1n) is 5.65. The zero-order valence-electron chi connectivity index (χ0n) is 10.9. The van der Waals surface area contributed by atoms with Gasteiger partial charge in [0.05, 0.1) is 0 Å². The van der Waals surface area contributed by atoms with Crippen molar-refractivity contribution in [3.8, 4) is 0 Å². The summed E-state index contributed by atoms with van der Waals surface area (Å²) in [5.74, 6) is 0. The second-order valence-corrected chi connectivity index (χ2v) is 4.31.